The van der Waals surface area contributed by atoms with Gasteiger partial charge in [0.05, 0.1) is 19.8 Å². The molecule has 0 saturated heterocycles. The van der Waals surface area contributed by atoms with Crippen LogP contribution in [0.4, 0.5) is 0 Å². The molecule has 0 fully saturated rings. The smallest absolute Gasteiger partial charge is 0.457 e. The lowest BCUT2D eigenvalue weighted by Gasteiger charge is -2.20. The Morgan fingerprint density at radius 1 is 0.564 bits per heavy atom. The van der Waals surface area contributed by atoms with Crippen LogP contribution in [-0.2, 0) is 27.9 Å². The molecule has 2 unspecified atom stereocenters. The summed E-state index contributed by atoms with van der Waals surface area (Å²) in [6.07, 6.45) is 52.5. The van der Waals surface area contributed by atoms with Crippen molar-refractivity contribution in [3.05, 3.63) is 60.8 Å². The molecule has 0 spiro atoms. The Balaban J connectivity index is 4.09. The minimum absolute atomic E-state index is 0.0900. The lowest BCUT2D eigenvalue weighted by Crippen LogP contribution is -2.28. The van der Waals surface area contributed by atoms with Gasteiger partial charge in [0.15, 0.2) is 0 Å². The van der Waals surface area contributed by atoms with Crippen LogP contribution in [0.1, 0.15) is 187 Å². The maximum atomic E-state index is 12.6. The summed E-state index contributed by atoms with van der Waals surface area (Å²) in [6, 6.07) is 0. The molecule has 0 aromatic carbocycles. The fourth-order valence-corrected chi connectivity index (χ4v) is 6.74. The molecule has 0 rings (SSSR count). The van der Waals surface area contributed by atoms with Crippen LogP contribution in [0.25, 0.3) is 0 Å². The number of esters is 1. The maximum absolute atomic E-state index is 12.6. The number of phosphoric acid groups is 1. The second kappa shape index (κ2) is 43.3. The number of unbranched alkanes of at least 4 members (excludes halogenated alkanes) is 19. The van der Waals surface area contributed by atoms with Crippen molar-refractivity contribution >= 4 is 13.8 Å². The molecule has 9 heteroatoms. The van der Waals surface area contributed by atoms with E-state index in [1.807, 2.05) is 0 Å². The average molecular weight is 794 g/mol. The van der Waals surface area contributed by atoms with E-state index >= 15 is 0 Å². The molecule has 0 amide bonds. The standard InChI is InChI=1S/C46H84NO7P/c1-3-5-7-9-11-13-15-17-19-21-22-24-26-28-30-32-34-36-38-41-51-43-45(44-53-55(49,50)52-42-40-47)54-46(48)39-37-35-33-31-29-27-25-23-20-18-16-14-12-10-8-6-4-2/h6,8,12,14,18,20,25,27,31,33,45H,3-5,7,9-11,13,15-17,19,21-24,26,28-30,32,34-44,47H2,1-2H3,(H,49,50)/b8-6-,14-12-,20-18-,27-25-,33-31-. The van der Waals surface area contributed by atoms with E-state index in [1.54, 1.807) is 0 Å². The fraction of sp³-hybridized carbons (Fsp3) is 0.761. The highest BCUT2D eigenvalue weighted by atomic mass is 31.2. The first-order chi connectivity index (χ1) is 26.9. The molecule has 0 aliphatic rings. The Morgan fingerprint density at radius 2 is 1.00 bits per heavy atom. The molecule has 0 bridgehead atoms. The van der Waals surface area contributed by atoms with Gasteiger partial charge in [-0.3, -0.25) is 13.8 Å². The van der Waals surface area contributed by atoms with E-state index in [-0.39, 0.29) is 38.8 Å². The van der Waals surface area contributed by atoms with Crippen LogP contribution in [0.3, 0.4) is 0 Å². The minimum atomic E-state index is -4.29. The Hall–Kier alpha value is -1.80. The van der Waals surface area contributed by atoms with Gasteiger partial charge in [0.2, 0.25) is 0 Å². The molecule has 0 aliphatic heterocycles. The summed E-state index contributed by atoms with van der Waals surface area (Å²) in [5.41, 5.74) is 5.37. The zero-order chi connectivity index (χ0) is 40.2. The first-order valence-corrected chi connectivity index (χ1v) is 23.8. The van der Waals surface area contributed by atoms with E-state index in [2.05, 4.69) is 74.6 Å². The van der Waals surface area contributed by atoms with Crippen molar-refractivity contribution < 1.29 is 32.8 Å². The quantitative estimate of drug-likeness (QED) is 0.0271. The molecule has 8 nitrogen and oxygen atoms in total. The van der Waals surface area contributed by atoms with Crippen molar-refractivity contribution in [3.8, 4) is 0 Å². The maximum Gasteiger partial charge on any atom is 0.472 e. The number of hydrogen-bond donors (Lipinski definition) is 2. The predicted molar refractivity (Wildman–Crippen MR) is 233 cm³/mol. The largest absolute Gasteiger partial charge is 0.472 e. The first kappa shape index (κ1) is 53.2. The number of allylic oxidation sites excluding steroid dienone is 10. The lowest BCUT2D eigenvalue weighted by molar-refractivity contribution is -0.154. The molecule has 2 atom stereocenters. The highest BCUT2D eigenvalue weighted by Gasteiger charge is 2.25. The second-order valence-electron chi connectivity index (χ2n) is 14.5. The zero-order valence-electron chi connectivity index (χ0n) is 35.4. The summed E-state index contributed by atoms with van der Waals surface area (Å²) >= 11 is 0. The monoisotopic (exact) mass is 794 g/mol. The van der Waals surface area contributed by atoms with E-state index in [1.165, 1.54) is 109 Å². The number of rotatable bonds is 42. The van der Waals surface area contributed by atoms with Crippen LogP contribution in [-0.4, -0.2) is 49.9 Å². The van der Waals surface area contributed by atoms with Crippen molar-refractivity contribution in [2.75, 3.05) is 33.0 Å². The number of carbonyl (C=O) groups is 1. The van der Waals surface area contributed by atoms with Crippen molar-refractivity contribution in [3.63, 3.8) is 0 Å². The summed E-state index contributed by atoms with van der Waals surface area (Å²) in [5.74, 6) is -0.385. The molecule has 0 heterocycles. The molecule has 0 aliphatic carbocycles. The Labute approximate surface area is 338 Å². The molecule has 3 N–H and O–H groups in total. The number of nitrogens with two attached hydrogens (primary N) is 1. The minimum Gasteiger partial charge on any atom is -0.457 e. The van der Waals surface area contributed by atoms with Gasteiger partial charge in [-0.05, 0) is 51.4 Å². The Bertz CT molecular complexity index is 1030. The first-order valence-electron chi connectivity index (χ1n) is 22.3. The topological polar surface area (TPSA) is 117 Å². The second-order valence-corrected chi connectivity index (χ2v) is 16.0. The lowest BCUT2D eigenvalue weighted by atomic mass is 10.0. The summed E-state index contributed by atoms with van der Waals surface area (Å²) in [5, 5.41) is 0. The Kier molecular flexibility index (Phi) is 41.9. The van der Waals surface area contributed by atoms with Gasteiger partial charge in [0, 0.05) is 19.6 Å². The van der Waals surface area contributed by atoms with Crippen molar-refractivity contribution in [2.24, 2.45) is 5.73 Å². The van der Waals surface area contributed by atoms with Gasteiger partial charge in [-0.15, -0.1) is 0 Å². The van der Waals surface area contributed by atoms with Crippen molar-refractivity contribution in [1.29, 1.82) is 0 Å². The van der Waals surface area contributed by atoms with Crippen LogP contribution < -0.4 is 5.73 Å². The van der Waals surface area contributed by atoms with E-state index in [9.17, 15) is 14.3 Å². The summed E-state index contributed by atoms with van der Waals surface area (Å²) in [4.78, 5) is 22.5. The number of carbonyl (C=O) groups excluding carboxylic acids is 1. The molecule has 0 aromatic rings. The third kappa shape index (κ3) is 43.2. The number of ether oxygens (including phenoxy) is 2. The van der Waals surface area contributed by atoms with E-state index in [0.717, 1.165) is 51.4 Å². The van der Waals surface area contributed by atoms with Gasteiger partial charge in [0.25, 0.3) is 0 Å². The van der Waals surface area contributed by atoms with Gasteiger partial charge >= 0.3 is 13.8 Å². The van der Waals surface area contributed by atoms with Crippen molar-refractivity contribution in [1.82, 2.24) is 0 Å². The summed E-state index contributed by atoms with van der Waals surface area (Å²) in [6.45, 7) is 4.74. The summed E-state index contributed by atoms with van der Waals surface area (Å²) in [7, 11) is -4.29. The van der Waals surface area contributed by atoms with Gasteiger partial charge in [-0.25, -0.2) is 4.57 Å². The van der Waals surface area contributed by atoms with Gasteiger partial charge in [-0.1, -0.05) is 190 Å². The third-order valence-corrected chi connectivity index (χ3v) is 10.2. The number of phosphoric ester groups is 1. The third-order valence-electron chi connectivity index (χ3n) is 9.20. The zero-order valence-corrected chi connectivity index (χ0v) is 36.3. The molecule has 0 radical (unpaired) electrons. The Morgan fingerprint density at radius 3 is 1.45 bits per heavy atom. The molecular formula is C46H84NO7P. The molecule has 320 valence electrons. The summed E-state index contributed by atoms with van der Waals surface area (Å²) < 4.78 is 33.4. The number of hydrogen-bond acceptors (Lipinski definition) is 7. The normalized spacial score (nSPS) is 14.0. The van der Waals surface area contributed by atoms with Crippen LogP contribution in [0, 0.1) is 0 Å². The highest BCUT2D eigenvalue weighted by molar-refractivity contribution is 7.47. The van der Waals surface area contributed by atoms with Gasteiger partial charge < -0.3 is 20.1 Å². The van der Waals surface area contributed by atoms with E-state index in [4.69, 9.17) is 24.3 Å². The van der Waals surface area contributed by atoms with Crippen LogP contribution in [0.2, 0.25) is 0 Å². The fourth-order valence-electron chi connectivity index (χ4n) is 5.97. The van der Waals surface area contributed by atoms with Crippen LogP contribution in [0.5, 0.6) is 0 Å². The van der Waals surface area contributed by atoms with E-state index in [0.29, 0.717) is 13.0 Å². The predicted octanol–water partition coefficient (Wildman–Crippen LogP) is 13.4. The molecular weight excluding hydrogens is 709 g/mol. The van der Waals surface area contributed by atoms with Crippen LogP contribution >= 0.6 is 7.82 Å². The van der Waals surface area contributed by atoms with E-state index < -0.39 is 13.9 Å². The molecule has 0 saturated carbocycles. The average Bonchev–Trinajstić information content (AvgIpc) is 3.17. The van der Waals surface area contributed by atoms with Crippen LogP contribution in [0.15, 0.2) is 60.8 Å². The van der Waals surface area contributed by atoms with Crippen molar-refractivity contribution in [2.45, 2.75) is 193 Å². The SMILES string of the molecule is CC/C=C\C/C=C\C/C=C\C/C=C\C/C=C\CCCC(=O)OC(COCCCCCCCCCCCCCCCCCCCCC)COP(=O)(O)OCCN. The van der Waals surface area contributed by atoms with Gasteiger partial charge in [-0.2, -0.15) is 0 Å². The van der Waals surface area contributed by atoms with Gasteiger partial charge in [0.1, 0.15) is 6.10 Å². The molecule has 0 aromatic heterocycles. The molecule has 55 heavy (non-hydrogen) atoms. The highest BCUT2D eigenvalue weighted by Crippen LogP contribution is 2.43.